The molecule has 11 heavy (non-hydrogen) atoms. The minimum absolute atomic E-state index is 0. The minimum atomic E-state index is -0.881. The van der Waals surface area contributed by atoms with Gasteiger partial charge in [0.1, 0.15) is 0 Å². The van der Waals surface area contributed by atoms with Crippen LogP contribution in [0.1, 0.15) is 0 Å². The van der Waals surface area contributed by atoms with Gasteiger partial charge < -0.3 is 35.2 Å². The predicted octanol–water partition coefficient (Wildman–Crippen LogP) is -5.79. The zero-order valence-corrected chi connectivity index (χ0v) is 12.8. The fourth-order valence-electron chi connectivity index (χ4n) is 0. The summed E-state index contributed by atoms with van der Waals surface area (Å²) in [5, 5.41) is 7.65. The zero-order chi connectivity index (χ0) is 7.86. The molecule has 0 aliphatic rings. The first-order valence-electron chi connectivity index (χ1n) is 1.71. The maximum absolute atomic E-state index is 9.29. The summed E-state index contributed by atoms with van der Waals surface area (Å²) in [6.07, 6.45) is 0. The van der Waals surface area contributed by atoms with E-state index in [2.05, 4.69) is 37.9 Å². The molecular formula is C3H4Na2O3S3. The number of carbonyl (C=O) groups is 2. The number of hydrogen-bond donors (Lipinski definition) is 2. The molecule has 0 saturated heterocycles. The van der Waals surface area contributed by atoms with Crippen LogP contribution in [-0.2, 0) is 30.1 Å². The van der Waals surface area contributed by atoms with Gasteiger partial charge in [0, 0.05) is 0 Å². The van der Waals surface area contributed by atoms with Crippen molar-refractivity contribution in [3.8, 4) is 0 Å². The summed E-state index contributed by atoms with van der Waals surface area (Å²) < 4.78 is -0.667. The Morgan fingerprint density at radius 1 is 1.27 bits per heavy atom. The monoisotopic (exact) mass is 230 g/mol. The molecule has 0 aliphatic heterocycles. The Hall–Kier alpha value is 1.93. The van der Waals surface area contributed by atoms with E-state index in [4.69, 9.17) is 9.90 Å². The first-order chi connectivity index (χ1) is 4.00. The molecule has 1 N–H and O–H groups in total. The molecule has 0 fully saturated rings. The molecule has 0 bridgehead atoms. The van der Waals surface area contributed by atoms with Crippen LogP contribution in [0.25, 0.3) is 0 Å². The summed E-state index contributed by atoms with van der Waals surface area (Å²) >= 11 is 11.0. The summed E-state index contributed by atoms with van der Waals surface area (Å²) in [6.45, 7) is 0. The molecule has 0 atom stereocenters. The molecule has 0 radical (unpaired) electrons. The third-order valence-electron chi connectivity index (χ3n) is 0.135. The van der Waals surface area contributed by atoms with Gasteiger partial charge in [-0.15, -0.1) is 4.45 Å². The van der Waals surface area contributed by atoms with Crippen LogP contribution in [0.4, 0.5) is 4.79 Å². The Bertz CT molecular complexity index is 106. The maximum Gasteiger partial charge on any atom is 1.00 e. The molecule has 0 amide bonds. The molecule has 0 spiro atoms. The van der Waals surface area contributed by atoms with E-state index < -0.39 is 10.4 Å². The predicted molar refractivity (Wildman–Crippen MR) is 41.6 cm³/mol. The fourth-order valence-corrected chi connectivity index (χ4v) is 0. The molecule has 3 nitrogen and oxygen atoms in total. The number of hydrogen-bond acceptors (Lipinski definition) is 5. The van der Waals surface area contributed by atoms with Crippen LogP contribution in [0, 0.1) is 0 Å². The van der Waals surface area contributed by atoms with Crippen molar-refractivity contribution in [2.75, 3.05) is 5.75 Å². The van der Waals surface area contributed by atoms with Crippen molar-refractivity contribution in [3.63, 3.8) is 0 Å². The van der Waals surface area contributed by atoms with Gasteiger partial charge in [-0.25, -0.2) is 0 Å². The van der Waals surface area contributed by atoms with Crippen molar-refractivity contribution in [1.29, 1.82) is 0 Å². The number of carbonyl (C=O) groups excluding carboxylic acids is 1. The first kappa shape index (κ1) is 23.1. The van der Waals surface area contributed by atoms with Crippen LogP contribution in [0.3, 0.4) is 0 Å². The van der Waals surface area contributed by atoms with Crippen LogP contribution in [0.5, 0.6) is 0 Å². The quantitative estimate of drug-likeness (QED) is 0.267. The van der Waals surface area contributed by atoms with E-state index in [1.807, 2.05) is 0 Å². The van der Waals surface area contributed by atoms with E-state index in [1.165, 1.54) is 0 Å². The Morgan fingerprint density at radius 2 is 1.36 bits per heavy atom. The maximum atomic E-state index is 9.29. The largest absolute Gasteiger partial charge is 1.00 e. The van der Waals surface area contributed by atoms with Crippen molar-refractivity contribution >= 4 is 48.3 Å². The molecule has 0 rings (SSSR count). The van der Waals surface area contributed by atoms with Crippen molar-refractivity contribution in [1.82, 2.24) is 0 Å². The van der Waals surface area contributed by atoms with Gasteiger partial charge in [0.25, 0.3) is 0 Å². The van der Waals surface area contributed by atoms with Crippen LogP contribution in [0.2, 0.25) is 0 Å². The van der Waals surface area contributed by atoms with Gasteiger partial charge in [0.15, 0.2) is 0 Å². The minimum Gasteiger partial charge on any atom is -0.767 e. The Labute approximate surface area is 126 Å². The molecule has 0 aromatic carbocycles. The van der Waals surface area contributed by atoms with Gasteiger partial charge >= 0.3 is 65.1 Å². The Balaban J connectivity index is -0.0000000383. The smallest absolute Gasteiger partial charge is 0.767 e. The van der Waals surface area contributed by atoms with Gasteiger partial charge in [0.2, 0.25) is 0 Å². The third kappa shape index (κ3) is 76.2. The second kappa shape index (κ2) is 17.9. The molecule has 0 heterocycles. The molecule has 0 saturated carbocycles. The van der Waals surface area contributed by atoms with Crippen molar-refractivity contribution in [3.05, 3.63) is 0 Å². The SMILES string of the molecule is O=C(O)CS.O=C([S-])[S-].[Na+].[Na+]. The number of aliphatic carboxylic acids is 1. The van der Waals surface area contributed by atoms with Crippen LogP contribution in [-0.4, -0.2) is 21.3 Å². The summed E-state index contributed by atoms with van der Waals surface area (Å²) in [6, 6.07) is 0. The molecule has 54 valence electrons. The Kier molecular flexibility index (Phi) is 37.5. The zero-order valence-electron chi connectivity index (χ0n) is 6.23. The van der Waals surface area contributed by atoms with Gasteiger partial charge in [0.05, 0.1) is 5.75 Å². The van der Waals surface area contributed by atoms with Crippen LogP contribution < -0.4 is 59.1 Å². The molecule has 0 aromatic heterocycles. The number of thiol groups is 1. The topological polar surface area (TPSA) is 54.4 Å². The standard InChI is InChI=1S/C2H4O2S.CH2OS2.2Na/c3-2(4)1-5;2-1(3)4;;/h5H,1H2,(H,3,4);(H2,2,3,4);;/q;;2*+1/p-2. The molecule has 0 aliphatic carbocycles. The average Bonchev–Trinajstić information content (AvgIpc) is 1.65. The van der Waals surface area contributed by atoms with E-state index in [-0.39, 0.29) is 64.9 Å². The number of carboxylic acids is 1. The average molecular weight is 230 g/mol. The van der Waals surface area contributed by atoms with Gasteiger partial charge in [-0.05, 0) is 0 Å². The van der Waals surface area contributed by atoms with Gasteiger partial charge in [-0.1, -0.05) is 0 Å². The first-order valence-corrected chi connectivity index (χ1v) is 3.16. The molecular weight excluding hydrogens is 226 g/mol. The van der Waals surface area contributed by atoms with Crippen LogP contribution in [0.15, 0.2) is 0 Å². The normalized spacial score (nSPS) is 5.55. The van der Waals surface area contributed by atoms with E-state index in [0.717, 1.165) is 0 Å². The fraction of sp³-hybridized carbons (Fsp3) is 0.333. The third-order valence-corrected chi connectivity index (χ3v) is 0.406. The van der Waals surface area contributed by atoms with Crippen molar-refractivity contribution in [2.45, 2.75) is 0 Å². The van der Waals surface area contributed by atoms with Crippen molar-refractivity contribution < 1.29 is 73.8 Å². The second-order valence-electron chi connectivity index (χ2n) is 0.802. The molecule has 0 aromatic rings. The summed E-state index contributed by atoms with van der Waals surface area (Å²) in [5.41, 5.74) is 0. The van der Waals surface area contributed by atoms with Gasteiger partial charge in [-0.2, -0.15) is 12.6 Å². The summed E-state index contributed by atoms with van der Waals surface area (Å²) in [5.74, 6) is -0.965. The van der Waals surface area contributed by atoms with E-state index in [0.29, 0.717) is 0 Å². The number of carboxylic acid groups (broad SMARTS) is 1. The van der Waals surface area contributed by atoms with E-state index in [9.17, 15) is 4.79 Å². The van der Waals surface area contributed by atoms with Crippen molar-refractivity contribution in [2.24, 2.45) is 0 Å². The summed E-state index contributed by atoms with van der Waals surface area (Å²) in [7, 11) is 0. The van der Waals surface area contributed by atoms with E-state index in [1.54, 1.807) is 0 Å². The van der Waals surface area contributed by atoms with Gasteiger partial charge in [-0.3, -0.25) is 4.79 Å². The van der Waals surface area contributed by atoms with Crippen LogP contribution >= 0.6 is 12.6 Å². The van der Waals surface area contributed by atoms with E-state index >= 15 is 0 Å². The molecule has 8 heteroatoms. The Morgan fingerprint density at radius 3 is 1.36 bits per heavy atom. The molecule has 0 unspecified atom stereocenters. The summed E-state index contributed by atoms with van der Waals surface area (Å²) in [4.78, 5) is 18.4. The second-order valence-corrected chi connectivity index (χ2v) is 2.12. The number of rotatable bonds is 1.